The van der Waals surface area contributed by atoms with Crippen LogP contribution in [-0.2, 0) is 21.4 Å². The molecule has 0 bridgehead atoms. The van der Waals surface area contributed by atoms with E-state index in [1.165, 1.54) is 36.2 Å². The highest BCUT2D eigenvalue weighted by molar-refractivity contribution is 7.89. The fourth-order valence-corrected chi connectivity index (χ4v) is 3.71. The Kier molecular flexibility index (Phi) is 7.04. The maximum atomic E-state index is 12.9. The fraction of sp³-hybridized carbons (Fsp3) is 0.316. The van der Waals surface area contributed by atoms with Crippen LogP contribution >= 0.6 is 0 Å². The van der Waals surface area contributed by atoms with Crippen LogP contribution in [0.15, 0.2) is 53.4 Å². The third-order valence-corrected chi connectivity index (χ3v) is 6.02. The van der Waals surface area contributed by atoms with Crippen LogP contribution in [0, 0.1) is 11.6 Å². The Hall–Kier alpha value is -2.32. The van der Waals surface area contributed by atoms with E-state index in [0.717, 1.165) is 22.0 Å². The number of rotatable bonds is 8. The molecule has 0 aliphatic heterocycles. The first-order valence-corrected chi connectivity index (χ1v) is 9.84. The summed E-state index contributed by atoms with van der Waals surface area (Å²) in [5.41, 5.74) is 0.809. The first-order valence-electron chi connectivity index (χ1n) is 8.40. The molecule has 8 heteroatoms. The van der Waals surface area contributed by atoms with E-state index in [1.54, 1.807) is 19.2 Å². The number of amides is 1. The Balaban J connectivity index is 1.84. The second-order valence-corrected chi connectivity index (χ2v) is 8.31. The minimum absolute atomic E-state index is 0.00570. The molecule has 2 aromatic rings. The fourth-order valence-electron chi connectivity index (χ4n) is 2.50. The second kappa shape index (κ2) is 9.05. The van der Waals surface area contributed by atoms with Crippen molar-refractivity contribution in [3.63, 3.8) is 0 Å². The smallest absolute Gasteiger partial charge is 0.242 e. The average molecular weight is 396 g/mol. The molecule has 0 heterocycles. The molecule has 0 aliphatic carbocycles. The van der Waals surface area contributed by atoms with Crippen LogP contribution < -0.4 is 0 Å². The third-order valence-electron chi connectivity index (χ3n) is 4.14. The van der Waals surface area contributed by atoms with Crippen molar-refractivity contribution in [1.82, 2.24) is 9.21 Å². The van der Waals surface area contributed by atoms with Crippen molar-refractivity contribution in [3.8, 4) is 0 Å². The van der Waals surface area contributed by atoms with Gasteiger partial charge in [-0.15, -0.1) is 0 Å². The highest BCUT2D eigenvalue weighted by Crippen LogP contribution is 2.15. The Morgan fingerprint density at radius 2 is 1.44 bits per heavy atom. The monoisotopic (exact) mass is 396 g/mol. The van der Waals surface area contributed by atoms with E-state index in [1.807, 2.05) is 0 Å². The molecule has 5 nitrogen and oxygen atoms in total. The molecular weight excluding hydrogens is 374 g/mol. The van der Waals surface area contributed by atoms with Crippen LogP contribution in [0.1, 0.15) is 18.4 Å². The van der Waals surface area contributed by atoms with Gasteiger partial charge in [-0.25, -0.2) is 21.5 Å². The number of sulfonamides is 1. The predicted octanol–water partition coefficient (Wildman–Crippen LogP) is 3.02. The van der Waals surface area contributed by atoms with Crippen molar-refractivity contribution in [2.24, 2.45) is 0 Å². The maximum absolute atomic E-state index is 12.9. The molecule has 0 N–H and O–H groups in total. The molecule has 0 spiro atoms. The largest absolute Gasteiger partial charge is 0.341 e. The standard InChI is InChI=1S/C19H22F2N2O3S/c1-22(14-15-5-7-16(20)8-6-15)19(24)4-3-13-23(2)27(25,26)18-11-9-17(21)10-12-18/h5-12H,3-4,13-14H2,1-2H3. The molecule has 0 saturated heterocycles. The van der Waals surface area contributed by atoms with Crippen LogP contribution in [0.5, 0.6) is 0 Å². The van der Waals surface area contributed by atoms with Crippen LogP contribution in [0.2, 0.25) is 0 Å². The van der Waals surface area contributed by atoms with Gasteiger partial charge in [0.05, 0.1) is 4.90 Å². The quantitative estimate of drug-likeness (QED) is 0.689. The van der Waals surface area contributed by atoms with E-state index in [2.05, 4.69) is 0 Å². The summed E-state index contributed by atoms with van der Waals surface area (Å²) in [6.07, 6.45) is 0.532. The Labute approximate surface area is 158 Å². The number of halogens is 2. The van der Waals surface area contributed by atoms with Gasteiger partial charge in [0.2, 0.25) is 15.9 Å². The zero-order valence-corrected chi connectivity index (χ0v) is 16.0. The lowest BCUT2D eigenvalue weighted by Gasteiger charge is -2.19. The van der Waals surface area contributed by atoms with Crippen molar-refractivity contribution in [3.05, 3.63) is 65.7 Å². The number of hydrogen-bond acceptors (Lipinski definition) is 3. The highest BCUT2D eigenvalue weighted by atomic mass is 32.2. The van der Waals surface area contributed by atoms with Crippen molar-refractivity contribution in [1.29, 1.82) is 0 Å². The maximum Gasteiger partial charge on any atom is 0.242 e. The molecule has 2 aromatic carbocycles. The first-order chi connectivity index (χ1) is 12.7. The SMILES string of the molecule is CN(Cc1ccc(F)cc1)C(=O)CCCN(C)S(=O)(=O)c1ccc(F)cc1. The van der Waals surface area contributed by atoms with Crippen molar-refractivity contribution in [2.45, 2.75) is 24.3 Å². The first kappa shape index (κ1) is 21.0. The van der Waals surface area contributed by atoms with Gasteiger partial charge >= 0.3 is 0 Å². The summed E-state index contributed by atoms with van der Waals surface area (Å²) in [4.78, 5) is 13.7. The minimum atomic E-state index is -3.72. The van der Waals surface area contributed by atoms with Crippen LogP contribution in [-0.4, -0.2) is 44.2 Å². The Morgan fingerprint density at radius 3 is 2.00 bits per heavy atom. The van der Waals surface area contributed by atoms with Crippen LogP contribution in [0.25, 0.3) is 0 Å². The van der Waals surface area contributed by atoms with E-state index < -0.39 is 15.8 Å². The van der Waals surface area contributed by atoms with Crippen molar-refractivity contribution in [2.75, 3.05) is 20.6 Å². The zero-order valence-electron chi connectivity index (χ0n) is 15.2. The molecule has 0 radical (unpaired) electrons. The Morgan fingerprint density at radius 1 is 0.926 bits per heavy atom. The number of hydrogen-bond donors (Lipinski definition) is 0. The summed E-state index contributed by atoms with van der Waals surface area (Å²) in [7, 11) is -0.655. The van der Waals surface area contributed by atoms with Crippen molar-refractivity contribution >= 4 is 15.9 Å². The summed E-state index contributed by atoms with van der Waals surface area (Å²) in [5.74, 6) is -0.976. The third kappa shape index (κ3) is 5.83. The molecule has 1 amide bonds. The van der Waals surface area contributed by atoms with Gasteiger partial charge in [0.1, 0.15) is 11.6 Å². The molecule has 0 aromatic heterocycles. The van der Waals surface area contributed by atoms with Crippen LogP contribution in [0.3, 0.4) is 0 Å². The molecule has 2 rings (SSSR count). The van der Waals surface area contributed by atoms with Gasteiger partial charge in [-0.1, -0.05) is 12.1 Å². The van der Waals surface area contributed by atoms with Gasteiger partial charge in [0.25, 0.3) is 0 Å². The molecule has 0 atom stereocenters. The van der Waals surface area contributed by atoms with E-state index in [-0.39, 0.29) is 29.6 Å². The van der Waals surface area contributed by atoms with E-state index >= 15 is 0 Å². The molecule has 27 heavy (non-hydrogen) atoms. The summed E-state index contributed by atoms with van der Waals surface area (Å²) in [6.45, 7) is 0.513. The van der Waals surface area contributed by atoms with Crippen LogP contribution in [0.4, 0.5) is 8.78 Å². The molecule has 0 saturated carbocycles. The summed E-state index contributed by atoms with van der Waals surface area (Å²) < 4.78 is 51.8. The lowest BCUT2D eigenvalue weighted by Crippen LogP contribution is -2.30. The summed E-state index contributed by atoms with van der Waals surface area (Å²) in [6, 6.07) is 10.5. The molecule has 146 valence electrons. The van der Waals surface area contributed by atoms with Gasteiger partial charge in [0, 0.05) is 33.6 Å². The number of carbonyl (C=O) groups excluding carboxylic acids is 1. The number of carbonyl (C=O) groups is 1. The summed E-state index contributed by atoms with van der Waals surface area (Å²) >= 11 is 0. The van der Waals surface area contributed by atoms with E-state index in [4.69, 9.17) is 0 Å². The van der Waals surface area contributed by atoms with Crippen molar-refractivity contribution < 1.29 is 22.0 Å². The van der Waals surface area contributed by atoms with E-state index in [0.29, 0.717) is 13.0 Å². The Bertz CT molecular complexity index is 869. The number of nitrogens with zero attached hydrogens (tertiary/aromatic N) is 2. The topological polar surface area (TPSA) is 57.7 Å². The normalized spacial score (nSPS) is 11.6. The van der Waals surface area contributed by atoms with Gasteiger partial charge < -0.3 is 4.90 Å². The van der Waals surface area contributed by atoms with Gasteiger partial charge in [0.15, 0.2) is 0 Å². The second-order valence-electron chi connectivity index (χ2n) is 6.26. The van der Waals surface area contributed by atoms with Gasteiger partial charge in [-0.3, -0.25) is 4.79 Å². The molecular formula is C19H22F2N2O3S. The van der Waals surface area contributed by atoms with Gasteiger partial charge in [-0.2, -0.15) is 0 Å². The predicted molar refractivity (Wildman–Crippen MR) is 98.3 cm³/mol. The lowest BCUT2D eigenvalue weighted by atomic mass is 10.2. The van der Waals surface area contributed by atoms with Gasteiger partial charge in [-0.05, 0) is 48.4 Å². The molecule has 0 unspecified atom stereocenters. The summed E-state index contributed by atoms with van der Waals surface area (Å²) in [5, 5.41) is 0. The number of benzene rings is 2. The zero-order chi connectivity index (χ0) is 20.0. The average Bonchev–Trinajstić information content (AvgIpc) is 2.63. The lowest BCUT2D eigenvalue weighted by molar-refractivity contribution is -0.130. The minimum Gasteiger partial charge on any atom is -0.341 e. The molecule has 0 aliphatic rings. The molecule has 0 fully saturated rings. The highest BCUT2D eigenvalue weighted by Gasteiger charge is 2.21. The van der Waals surface area contributed by atoms with E-state index in [9.17, 15) is 22.0 Å².